The van der Waals surface area contributed by atoms with Crippen LogP contribution in [0.3, 0.4) is 0 Å². The standard InChI is InChI=1S/C10H20N2O2S/c1-9(2)3-8-12-15(13,14)10-4-6-11-7-5-10/h3,10-12H,4-8H2,1-2H3. The van der Waals surface area contributed by atoms with E-state index < -0.39 is 10.0 Å². The molecule has 0 atom stereocenters. The van der Waals surface area contributed by atoms with Crippen LogP contribution >= 0.6 is 0 Å². The van der Waals surface area contributed by atoms with Crippen LogP contribution in [-0.4, -0.2) is 33.3 Å². The Kier molecular flexibility index (Phi) is 4.76. The van der Waals surface area contributed by atoms with Gasteiger partial charge in [0.25, 0.3) is 0 Å². The first-order chi connectivity index (χ1) is 7.02. The Labute approximate surface area is 92.2 Å². The van der Waals surface area contributed by atoms with Gasteiger partial charge in [-0.15, -0.1) is 0 Å². The van der Waals surface area contributed by atoms with Gasteiger partial charge >= 0.3 is 0 Å². The van der Waals surface area contributed by atoms with Gasteiger partial charge in [0.15, 0.2) is 0 Å². The zero-order valence-electron chi connectivity index (χ0n) is 9.41. The molecule has 1 rings (SSSR count). The Morgan fingerprint density at radius 1 is 1.40 bits per heavy atom. The molecule has 0 aliphatic carbocycles. The summed E-state index contributed by atoms with van der Waals surface area (Å²) in [5.74, 6) is 0. The van der Waals surface area contributed by atoms with Crippen molar-refractivity contribution in [2.45, 2.75) is 31.9 Å². The molecule has 1 fully saturated rings. The van der Waals surface area contributed by atoms with E-state index in [0.717, 1.165) is 18.7 Å². The Hall–Kier alpha value is -0.390. The molecule has 0 spiro atoms. The Morgan fingerprint density at radius 3 is 2.53 bits per heavy atom. The number of hydrogen-bond donors (Lipinski definition) is 2. The predicted molar refractivity (Wildman–Crippen MR) is 62.2 cm³/mol. The van der Waals surface area contributed by atoms with Crippen molar-refractivity contribution in [2.24, 2.45) is 0 Å². The van der Waals surface area contributed by atoms with Crippen LogP contribution in [0.5, 0.6) is 0 Å². The minimum absolute atomic E-state index is 0.218. The maximum absolute atomic E-state index is 11.8. The Bertz CT molecular complexity index is 312. The van der Waals surface area contributed by atoms with Crippen LogP contribution in [0.1, 0.15) is 26.7 Å². The van der Waals surface area contributed by atoms with Gasteiger partial charge in [-0.2, -0.15) is 0 Å². The normalized spacial score (nSPS) is 18.8. The van der Waals surface area contributed by atoms with E-state index in [-0.39, 0.29) is 5.25 Å². The smallest absolute Gasteiger partial charge is 0.214 e. The molecular formula is C10H20N2O2S. The van der Waals surface area contributed by atoms with Crippen molar-refractivity contribution in [3.8, 4) is 0 Å². The highest BCUT2D eigenvalue weighted by molar-refractivity contribution is 7.90. The van der Waals surface area contributed by atoms with Crippen molar-refractivity contribution >= 4 is 10.0 Å². The summed E-state index contributed by atoms with van der Waals surface area (Å²) >= 11 is 0. The molecule has 0 amide bonds. The molecule has 0 bridgehead atoms. The highest BCUT2D eigenvalue weighted by atomic mass is 32.2. The first kappa shape index (κ1) is 12.7. The van der Waals surface area contributed by atoms with Gasteiger partial charge < -0.3 is 5.32 Å². The number of sulfonamides is 1. The molecule has 1 aliphatic heterocycles. The summed E-state index contributed by atoms with van der Waals surface area (Å²) in [6.07, 6.45) is 3.31. The molecule has 0 aromatic carbocycles. The van der Waals surface area contributed by atoms with Gasteiger partial charge in [-0.05, 0) is 39.8 Å². The lowest BCUT2D eigenvalue weighted by molar-refractivity contribution is 0.491. The van der Waals surface area contributed by atoms with Crippen molar-refractivity contribution in [1.82, 2.24) is 10.0 Å². The van der Waals surface area contributed by atoms with Crippen LogP contribution < -0.4 is 10.0 Å². The van der Waals surface area contributed by atoms with Gasteiger partial charge in [0.05, 0.1) is 5.25 Å². The number of nitrogens with one attached hydrogen (secondary N) is 2. The van der Waals surface area contributed by atoms with Crippen molar-refractivity contribution in [1.29, 1.82) is 0 Å². The molecule has 2 N–H and O–H groups in total. The fourth-order valence-electron chi connectivity index (χ4n) is 1.59. The summed E-state index contributed by atoms with van der Waals surface area (Å²) in [4.78, 5) is 0. The van der Waals surface area contributed by atoms with Crippen molar-refractivity contribution in [3.05, 3.63) is 11.6 Å². The first-order valence-electron chi connectivity index (χ1n) is 5.35. The van der Waals surface area contributed by atoms with Crippen LogP contribution in [0.25, 0.3) is 0 Å². The van der Waals surface area contributed by atoms with Crippen LogP contribution in [-0.2, 0) is 10.0 Å². The summed E-state index contributed by atoms with van der Waals surface area (Å²) in [7, 11) is -3.11. The van der Waals surface area contributed by atoms with E-state index in [9.17, 15) is 8.42 Å². The van der Waals surface area contributed by atoms with Crippen LogP contribution in [0, 0.1) is 0 Å². The second-order valence-corrected chi connectivity index (χ2v) is 6.17. The molecule has 0 aromatic heterocycles. The minimum atomic E-state index is -3.11. The predicted octanol–water partition coefficient (Wildman–Crippen LogP) is 0.624. The largest absolute Gasteiger partial charge is 0.317 e. The minimum Gasteiger partial charge on any atom is -0.317 e. The van der Waals surface area contributed by atoms with Gasteiger partial charge in [-0.1, -0.05) is 11.6 Å². The summed E-state index contributed by atoms with van der Waals surface area (Å²) in [5, 5.41) is 2.94. The maximum atomic E-state index is 11.8. The molecule has 88 valence electrons. The van der Waals surface area contributed by atoms with Gasteiger partial charge in [0.1, 0.15) is 0 Å². The molecule has 0 unspecified atom stereocenters. The van der Waals surface area contributed by atoms with Crippen molar-refractivity contribution in [2.75, 3.05) is 19.6 Å². The summed E-state index contributed by atoms with van der Waals surface area (Å²) in [6.45, 7) is 5.93. The molecule has 1 heterocycles. The molecule has 0 saturated carbocycles. The molecule has 15 heavy (non-hydrogen) atoms. The third-order valence-electron chi connectivity index (χ3n) is 2.52. The van der Waals surface area contributed by atoms with E-state index >= 15 is 0 Å². The molecular weight excluding hydrogens is 212 g/mol. The lowest BCUT2D eigenvalue weighted by Crippen LogP contribution is -2.41. The van der Waals surface area contributed by atoms with Crippen molar-refractivity contribution in [3.63, 3.8) is 0 Å². The summed E-state index contributed by atoms with van der Waals surface area (Å²) < 4.78 is 26.2. The molecule has 0 radical (unpaired) electrons. The quantitative estimate of drug-likeness (QED) is 0.699. The van der Waals surface area contributed by atoms with E-state index in [0.29, 0.717) is 19.4 Å². The van der Waals surface area contributed by atoms with E-state index in [1.165, 1.54) is 0 Å². The first-order valence-corrected chi connectivity index (χ1v) is 6.89. The van der Waals surface area contributed by atoms with Crippen molar-refractivity contribution < 1.29 is 8.42 Å². The van der Waals surface area contributed by atoms with Gasteiger partial charge in [0, 0.05) is 6.54 Å². The number of rotatable bonds is 4. The zero-order chi connectivity index (χ0) is 11.3. The maximum Gasteiger partial charge on any atom is 0.214 e. The monoisotopic (exact) mass is 232 g/mol. The van der Waals surface area contributed by atoms with Gasteiger partial charge in [-0.3, -0.25) is 0 Å². The highest BCUT2D eigenvalue weighted by Crippen LogP contribution is 2.11. The average molecular weight is 232 g/mol. The van der Waals surface area contributed by atoms with Crippen LogP contribution in [0.2, 0.25) is 0 Å². The van der Waals surface area contributed by atoms with E-state index in [1.807, 2.05) is 19.9 Å². The SMILES string of the molecule is CC(C)=CCNS(=O)(=O)C1CCNCC1. The average Bonchev–Trinajstić information content (AvgIpc) is 2.18. The zero-order valence-corrected chi connectivity index (χ0v) is 10.2. The molecule has 4 nitrogen and oxygen atoms in total. The highest BCUT2D eigenvalue weighted by Gasteiger charge is 2.25. The Morgan fingerprint density at radius 2 is 2.00 bits per heavy atom. The summed E-state index contributed by atoms with van der Waals surface area (Å²) in [5.41, 5.74) is 1.13. The summed E-state index contributed by atoms with van der Waals surface area (Å²) in [6, 6.07) is 0. The number of allylic oxidation sites excluding steroid dienone is 1. The van der Waals surface area contributed by atoms with E-state index in [1.54, 1.807) is 0 Å². The third-order valence-corrected chi connectivity index (χ3v) is 4.44. The lowest BCUT2D eigenvalue weighted by atomic mass is 10.2. The fraction of sp³-hybridized carbons (Fsp3) is 0.800. The van der Waals surface area contributed by atoms with Gasteiger partial charge in [0.2, 0.25) is 10.0 Å². The number of piperidine rings is 1. The lowest BCUT2D eigenvalue weighted by Gasteiger charge is -2.22. The topological polar surface area (TPSA) is 58.2 Å². The Balaban J connectivity index is 2.47. The second-order valence-electron chi connectivity index (χ2n) is 4.12. The fourth-order valence-corrected chi connectivity index (χ4v) is 2.99. The molecule has 1 saturated heterocycles. The van der Waals surface area contributed by atoms with Crippen LogP contribution in [0.4, 0.5) is 0 Å². The second kappa shape index (κ2) is 5.63. The molecule has 1 aliphatic rings. The van der Waals surface area contributed by atoms with E-state index in [4.69, 9.17) is 0 Å². The van der Waals surface area contributed by atoms with Crippen LogP contribution in [0.15, 0.2) is 11.6 Å². The number of hydrogen-bond acceptors (Lipinski definition) is 3. The molecule has 0 aromatic rings. The van der Waals surface area contributed by atoms with Gasteiger partial charge in [-0.25, -0.2) is 13.1 Å². The van der Waals surface area contributed by atoms with E-state index in [2.05, 4.69) is 10.0 Å². The third kappa shape index (κ3) is 4.32. The molecule has 5 heteroatoms.